The number of para-hydroxylation sites is 1. The quantitative estimate of drug-likeness (QED) is 0.671. The van der Waals surface area contributed by atoms with Crippen LogP contribution in [0.2, 0.25) is 0 Å². The predicted octanol–water partition coefficient (Wildman–Crippen LogP) is 2.37. The summed E-state index contributed by atoms with van der Waals surface area (Å²) in [6.07, 6.45) is 0. The van der Waals surface area contributed by atoms with Crippen molar-refractivity contribution in [1.82, 2.24) is 0 Å². The van der Waals surface area contributed by atoms with E-state index in [1.54, 1.807) is 18.2 Å². The highest BCUT2D eigenvalue weighted by Gasteiger charge is 2.11. The molecule has 0 unspecified atom stereocenters. The van der Waals surface area contributed by atoms with E-state index in [1.807, 2.05) is 0 Å². The van der Waals surface area contributed by atoms with Crippen LogP contribution < -0.4 is 4.74 Å². The Hall–Kier alpha value is -1.38. The average Bonchev–Trinajstić information content (AvgIpc) is 2.16. The molecule has 2 nitrogen and oxygen atoms in total. The van der Waals surface area contributed by atoms with Gasteiger partial charge in [0.1, 0.15) is 12.4 Å². The van der Waals surface area contributed by atoms with E-state index in [-0.39, 0.29) is 5.78 Å². The fraction of sp³-hybridized carbons (Fsp3) is 0.300. The summed E-state index contributed by atoms with van der Waals surface area (Å²) < 4.78 is 17.4. The second kappa shape index (κ2) is 4.03. The van der Waals surface area contributed by atoms with E-state index in [0.29, 0.717) is 16.9 Å². The summed E-state index contributed by atoms with van der Waals surface area (Å²) >= 11 is 0. The smallest absolute Gasteiger partial charge is 0.163 e. The van der Waals surface area contributed by atoms with Crippen molar-refractivity contribution in [2.45, 2.75) is 13.6 Å². The van der Waals surface area contributed by atoms with Gasteiger partial charge in [0.05, 0.1) is 12.7 Å². The molecular weight excluding hydrogens is 171 g/mol. The van der Waals surface area contributed by atoms with Crippen LogP contribution in [0.1, 0.15) is 22.8 Å². The van der Waals surface area contributed by atoms with E-state index in [2.05, 4.69) is 0 Å². The van der Waals surface area contributed by atoms with Gasteiger partial charge >= 0.3 is 0 Å². The Labute approximate surface area is 76.3 Å². The SMILES string of the molecule is COc1c(CF)cccc1C(C)=O. The van der Waals surface area contributed by atoms with Gasteiger partial charge in [-0.15, -0.1) is 0 Å². The van der Waals surface area contributed by atoms with Gasteiger partial charge in [0.25, 0.3) is 0 Å². The van der Waals surface area contributed by atoms with Crippen LogP contribution in [0, 0.1) is 0 Å². The van der Waals surface area contributed by atoms with Crippen molar-refractivity contribution in [3.05, 3.63) is 29.3 Å². The summed E-state index contributed by atoms with van der Waals surface area (Å²) in [5, 5.41) is 0. The summed E-state index contributed by atoms with van der Waals surface area (Å²) in [6.45, 7) is 0.810. The molecule has 0 spiro atoms. The second-order valence-corrected chi connectivity index (χ2v) is 2.69. The molecule has 0 atom stereocenters. The first kappa shape index (κ1) is 9.71. The molecule has 0 bridgehead atoms. The van der Waals surface area contributed by atoms with Crippen molar-refractivity contribution in [1.29, 1.82) is 0 Å². The highest BCUT2D eigenvalue weighted by atomic mass is 19.1. The minimum Gasteiger partial charge on any atom is -0.496 e. The number of Topliss-reactive ketones (excluding diaryl/α,β-unsaturated/α-hetero) is 1. The lowest BCUT2D eigenvalue weighted by molar-refractivity contribution is 0.101. The van der Waals surface area contributed by atoms with E-state index < -0.39 is 6.67 Å². The van der Waals surface area contributed by atoms with E-state index in [4.69, 9.17) is 4.74 Å². The van der Waals surface area contributed by atoms with Gasteiger partial charge in [-0.05, 0) is 13.0 Å². The van der Waals surface area contributed by atoms with Crippen molar-refractivity contribution in [3.63, 3.8) is 0 Å². The van der Waals surface area contributed by atoms with Crippen LogP contribution in [0.5, 0.6) is 5.75 Å². The molecule has 1 aromatic rings. The number of hydrogen-bond acceptors (Lipinski definition) is 2. The largest absolute Gasteiger partial charge is 0.496 e. The molecule has 1 aromatic carbocycles. The molecule has 1 rings (SSSR count). The Bertz CT molecular complexity index is 321. The molecule has 0 heterocycles. The fourth-order valence-corrected chi connectivity index (χ4v) is 1.21. The van der Waals surface area contributed by atoms with Gasteiger partial charge < -0.3 is 4.74 Å². The molecule has 0 aliphatic rings. The van der Waals surface area contributed by atoms with Crippen LogP contribution in [0.3, 0.4) is 0 Å². The van der Waals surface area contributed by atoms with Crippen LogP contribution in [0.4, 0.5) is 4.39 Å². The third kappa shape index (κ3) is 1.86. The lowest BCUT2D eigenvalue weighted by atomic mass is 10.1. The number of ketones is 1. The van der Waals surface area contributed by atoms with E-state index in [0.717, 1.165) is 0 Å². The van der Waals surface area contributed by atoms with Gasteiger partial charge in [-0.3, -0.25) is 4.79 Å². The topological polar surface area (TPSA) is 26.3 Å². The average molecular weight is 182 g/mol. The van der Waals surface area contributed by atoms with Crippen LogP contribution >= 0.6 is 0 Å². The van der Waals surface area contributed by atoms with Crippen molar-refractivity contribution in [3.8, 4) is 5.75 Å². The molecule has 13 heavy (non-hydrogen) atoms. The zero-order valence-corrected chi connectivity index (χ0v) is 7.63. The van der Waals surface area contributed by atoms with E-state index in [9.17, 15) is 9.18 Å². The summed E-state index contributed by atoms with van der Waals surface area (Å²) in [7, 11) is 1.43. The van der Waals surface area contributed by atoms with Crippen molar-refractivity contribution >= 4 is 5.78 Å². The minimum atomic E-state index is -0.621. The number of ether oxygens (including phenoxy) is 1. The number of carbonyl (C=O) groups is 1. The Morgan fingerprint density at radius 1 is 1.54 bits per heavy atom. The molecule has 0 N–H and O–H groups in total. The highest BCUT2D eigenvalue weighted by Crippen LogP contribution is 2.24. The van der Waals surface area contributed by atoms with Gasteiger partial charge in [-0.2, -0.15) is 0 Å². The Morgan fingerprint density at radius 3 is 2.69 bits per heavy atom. The van der Waals surface area contributed by atoms with Crippen LogP contribution in [0.25, 0.3) is 0 Å². The van der Waals surface area contributed by atoms with Crippen molar-refractivity contribution in [2.75, 3.05) is 7.11 Å². The predicted molar refractivity (Wildman–Crippen MR) is 47.8 cm³/mol. The van der Waals surface area contributed by atoms with Crippen LogP contribution in [-0.2, 0) is 6.67 Å². The first-order valence-corrected chi connectivity index (χ1v) is 3.93. The molecule has 3 heteroatoms. The number of hydrogen-bond donors (Lipinski definition) is 0. The summed E-state index contributed by atoms with van der Waals surface area (Å²) in [5.74, 6) is 0.227. The number of rotatable bonds is 3. The Balaban J connectivity index is 3.27. The van der Waals surface area contributed by atoms with E-state index in [1.165, 1.54) is 14.0 Å². The molecule has 0 aromatic heterocycles. The first-order valence-electron chi connectivity index (χ1n) is 3.93. The molecule has 0 aliphatic carbocycles. The van der Waals surface area contributed by atoms with E-state index >= 15 is 0 Å². The standard InChI is InChI=1S/C10H11FO2/c1-7(12)9-5-3-4-8(6-11)10(9)13-2/h3-5H,6H2,1-2H3. The van der Waals surface area contributed by atoms with Crippen molar-refractivity contribution in [2.24, 2.45) is 0 Å². The maximum atomic E-state index is 12.4. The summed E-state index contributed by atoms with van der Waals surface area (Å²) in [4.78, 5) is 11.1. The highest BCUT2D eigenvalue weighted by molar-refractivity contribution is 5.97. The molecule has 0 fully saturated rings. The number of benzene rings is 1. The monoisotopic (exact) mass is 182 g/mol. The van der Waals surface area contributed by atoms with Gasteiger partial charge in [-0.25, -0.2) is 4.39 Å². The molecule has 0 saturated heterocycles. The third-order valence-electron chi connectivity index (χ3n) is 1.82. The Morgan fingerprint density at radius 2 is 2.23 bits per heavy atom. The number of carbonyl (C=O) groups excluding carboxylic acids is 1. The molecule has 0 saturated carbocycles. The number of halogens is 1. The zero-order chi connectivity index (χ0) is 9.84. The lowest BCUT2D eigenvalue weighted by Gasteiger charge is -2.08. The molecule has 0 radical (unpaired) electrons. The van der Waals surface area contributed by atoms with Gasteiger partial charge in [-0.1, -0.05) is 12.1 Å². The second-order valence-electron chi connectivity index (χ2n) is 2.69. The maximum Gasteiger partial charge on any atom is 0.163 e. The van der Waals surface area contributed by atoms with Crippen LogP contribution in [-0.4, -0.2) is 12.9 Å². The lowest BCUT2D eigenvalue weighted by Crippen LogP contribution is -2.00. The zero-order valence-electron chi connectivity index (χ0n) is 7.63. The molecule has 0 amide bonds. The fourth-order valence-electron chi connectivity index (χ4n) is 1.21. The van der Waals surface area contributed by atoms with Gasteiger partial charge in [0.15, 0.2) is 5.78 Å². The normalized spacial score (nSPS) is 9.77. The van der Waals surface area contributed by atoms with Crippen molar-refractivity contribution < 1.29 is 13.9 Å². The summed E-state index contributed by atoms with van der Waals surface area (Å²) in [6, 6.07) is 4.87. The van der Waals surface area contributed by atoms with Crippen LogP contribution in [0.15, 0.2) is 18.2 Å². The molecule has 0 aliphatic heterocycles. The summed E-state index contributed by atoms with van der Waals surface area (Å²) in [5.41, 5.74) is 0.841. The third-order valence-corrected chi connectivity index (χ3v) is 1.82. The maximum absolute atomic E-state index is 12.4. The van der Waals surface area contributed by atoms with Gasteiger partial charge in [0, 0.05) is 5.56 Å². The number of alkyl halides is 1. The van der Waals surface area contributed by atoms with Gasteiger partial charge in [0.2, 0.25) is 0 Å². The first-order chi connectivity index (χ1) is 6.20. The molecular formula is C10H11FO2. The minimum absolute atomic E-state index is 0.118. The molecule has 70 valence electrons. The number of methoxy groups -OCH3 is 1. The Kier molecular flexibility index (Phi) is 3.01.